The summed E-state index contributed by atoms with van der Waals surface area (Å²) in [5.74, 6) is 2.90. The largest absolute Gasteiger partial charge is 0.497 e. The number of anilines is 1. The van der Waals surface area contributed by atoms with Crippen LogP contribution in [-0.2, 0) is 0 Å². The fourth-order valence-corrected chi connectivity index (χ4v) is 4.86. The first-order chi connectivity index (χ1) is 16.7. The van der Waals surface area contributed by atoms with Gasteiger partial charge >= 0.3 is 0 Å². The maximum atomic E-state index is 6.65. The van der Waals surface area contributed by atoms with Crippen LogP contribution in [0.4, 0.5) is 5.95 Å². The molecule has 2 aliphatic heterocycles. The second-order valence-electron chi connectivity index (χ2n) is 8.04. The van der Waals surface area contributed by atoms with Crippen LogP contribution < -0.4 is 19.5 Å². The maximum absolute atomic E-state index is 6.65. The van der Waals surface area contributed by atoms with Gasteiger partial charge in [-0.15, -0.1) is 0 Å². The zero-order chi connectivity index (χ0) is 23.2. The topological polar surface area (TPSA) is 70.4 Å². The average molecular weight is 473 g/mol. The molecular weight excluding hydrogens is 452 g/mol. The minimum Gasteiger partial charge on any atom is -0.497 e. The Bertz CT molecular complexity index is 1410. The molecule has 7 nitrogen and oxygen atoms in total. The molecule has 2 atom stereocenters. The number of benzene rings is 3. The van der Waals surface area contributed by atoms with Gasteiger partial charge in [0.05, 0.1) is 19.9 Å². The Labute approximate surface area is 201 Å². The zero-order valence-electron chi connectivity index (χ0n) is 18.5. The van der Waals surface area contributed by atoms with Crippen molar-refractivity contribution in [3.8, 4) is 17.2 Å². The van der Waals surface area contributed by atoms with Crippen LogP contribution in [0.3, 0.4) is 0 Å². The molecule has 34 heavy (non-hydrogen) atoms. The molecule has 0 saturated carbocycles. The van der Waals surface area contributed by atoms with Gasteiger partial charge in [-0.2, -0.15) is 10.1 Å². The van der Waals surface area contributed by atoms with Crippen molar-refractivity contribution >= 4 is 23.2 Å². The fourth-order valence-electron chi connectivity index (χ4n) is 4.69. The summed E-state index contributed by atoms with van der Waals surface area (Å²) >= 11 is 6.40. The van der Waals surface area contributed by atoms with Gasteiger partial charge in [-0.25, -0.2) is 4.68 Å². The number of hydrogen-bond donors (Lipinski definition) is 1. The lowest BCUT2D eigenvalue weighted by molar-refractivity contribution is 0.217. The van der Waals surface area contributed by atoms with Crippen molar-refractivity contribution in [1.29, 1.82) is 0 Å². The molecule has 3 heterocycles. The van der Waals surface area contributed by atoms with E-state index >= 15 is 0 Å². The number of rotatable bonds is 4. The molecule has 0 bridgehead atoms. The third-order valence-electron chi connectivity index (χ3n) is 6.23. The van der Waals surface area contributed by atoms with Gasteiger partial charge in [0, 0.05) is 21.7 Å². The molecule has 4 aromatic rings. The molecule has 0 radical (unpaired) electrons. The quantitative estimate of drug-likeness (QED) is 0.422. The van der Waals surface area contributed by atoms with Gasteiger partial charge in [0.25, 0.3) is 0 Å². The summed E-state index contributed by atoms with van der Waals surface area (Å²) in [4.78, 5) is 4.47. The van der Waals surface area contributed by atoms with Crippen molar-refractivity contribution in [2.75, 3.05) is 19.5 Å². The third-order valence-corrected chi connectivity index (χ3v) is 6.46. The molecule has 2 aliphatic rings. The van der Waals surface area contributed by atoms with Crippen LogP contribution in [0, 0.1) is 0 Å². The minimum absolute atomic E-state index is 0.276. The molecule has 1 N–H and O–H groups in total. The number of halogens is 1. The van der Waals surface area contributed by atoms with Crippen LogP contribution in [-0.4, -0.2) is 29.0 Å². The Morgan fingerprint density at radius 2 is 1.82 bits per heavy atom. The normalized spacial score (nSPS) is 18.2. The number of nitrogens with one attached hydrogen (secondary N) is 1. The van der Waals surface area contributed by atoms with Crippen molar-refractivity contribution in [3.63, 3.8) is 0 Å². The standard InChI is InChI=1S/C26H21ClN4O3/c1-32-17-10-7-15(8-11-17)24-22-23(30-26-28-14-29-31(24)26)19-13-16(27)9-12-21(19)34-25(22)18-5-3-4-6-20(18)33-2/h3-14,24-25H,1-2H3,(H,28,29,30)/t24-,25-/m0/s1. The number of nitrogens with zero attached hydrogens (tertiary/aromatic N) is 3. The molecule has 0 amide bonds. The first-order valence-corrected chi connectivity index (χ1v) is 11.2. The predicted molar refractivity (Wildman–Crippen MR) is 130 cm³/mol. The van der Waals surface area contributed by atoms with Crippen LogP contribution >= 0.6 is 11.6 Å². The third kappa shape index (κ3) is 3.20. The Balaban J connectivity index is 1.63. The summed E-state index contributed by atoms with van der Waals surface area (Å²) < 4.78 is 19.6. The monoisotopic (exact) mass is 472 g/mol. The lowest BCUT2D eigenvalue weighted by Crippen LogP contribution is -2.32. The van der Waals surface area contributed by atoms with E-state index in [1.807, 2.05) is 71.4 Å². The molecule has 170 valence electrons. The summed E-state index contributed by atoms with van der Waals surface area (Å²) in [5.41, 5.74) is 4.71. The lowest BCUT2D eigenvalue weighted by Gasteiger charge is -2.39. The summed E-state index contributed by atoms with van der Waals surface area (Å²) in [6.07, 6.45) is 1.12. The van der Waals surface area contributed by atoms with E-state index in [1.165, 1.54) is 0 Å². The van der Waals surface area contributed by atoms with Gasteiger partial charge in [-0.3, -0.25) is 0 Å². The van der Waals surface area contributed by atoms with Crippen LogP contribution in [0.25, 0.3) is 5.70 Å². The predicted octanol–water partition coefficient (Wildman–Crippen LogP) is 5.51. The Morgan fingerprint density at radius 1 is 1.00 bits per heavy atom. The molecule has 1 aromatic heterocycles. The molecule has 0 unspecified atom stereocenters. The average Bonchev–Trinajstić information content (AvgIpc) is 3.35. The lowest BCUT2D eigenvalue weighted by atomic mass is 9.84. The Hall–Kier alpha value is -3.97. The van der Waals surface area contributed by atoms with Crippen molar-refractivity contribution in [1.82, 2.24) is 14.8 Å². The van der Waals surface area contributed by atoms with Crippen LogP contribution in [0.1, 0.15) is 28.8 Å². The molecule has 0 aliphatic carbocycles. The zero-order valence-corrected chi connectivity index (χ0v) is 19.3. The molecular formula is C26H21ClN4O3. The number of ether oxygens (including phenoxy) is 3. The SMILES string of the molecule is COc1ccc([C@H]2C3=C(Nc4ncnn42)c2cc(Cl)ccc2O[C@H]3c2ccccc2OC)cc1. The van der Waals surface area contributed by atoms with Crippen LogP contribution in [0.15, 0.2) is 78.6 Å². The van der Waals surface area contributed by atoms with Crippen molar-refractivity contribution < 1.29 is 14.2 Å². The smallest absolute Gasteiger partial charge is 0.226 e. The summed E-state index contributed by atoms with van der Waals surface area (Å²) in [6.45, 7) is 0. The van der Waals surface area contributed by atoms with Crippen molar-refractivity contribution in [2.45, 2.75) is 12.1 Å². The highest BCUT2D eigenvalue weighted by Crippen LogP contribution is 2.52. The number of methoxy groups -OCH3 is 2. The highest BCUT2D eigenvalue weighted by molar-refractivity contribution is 6.30. The summed E-state index contributed by atoms with van der Waals surface area (Å²) in [6, 6.07) is 21.2. The maximum Gasteiger partial charge on any atom is 0.226 e. The van der Waals surface area contributed by atoms with E-state index in [0.717, 1.165) is 45.2 Å². The van der Waals surface area contributed by atoms with Gasteiger partial charge in [-0.1, -0.05) is 41.9 Å². The van der Waals surface area contributed by atoms with Crippen molar-refractivity contribution in [3.05, 3.63) is 100 Å². The number of fused-ring (bicyclic) bond motifs is 3. The number of hydrogen-bond acceptors (Lipinski definition) is 6. The summed E-state index contributed by atoms with van der Waals surface area (Å²) in [5, 5.41) is 8.67. The molecule has 0 saturated heterocycles. The van der Waals surface area contributed by atoms with Gasteiger partial charge in [0.2, 0.25) is 5.95 Å². The van der Waals surface area contributed by atoms with Crippen LogP contribution in [0.5, 0.6) is 17.2 Å². The molecule has 0 spiro atoms. The molecule has 0 fully saturated rings. The van der Waals surface area contributed by atoms with E-state index in [4.69, 9.17) is 25.8 Å². The summed E-state index contributed by atoms with van der Waals surface area (Å²) in [7, 11) is 3.32. The van der Waals surface area contributed by atoms with E-state index in [1.54, 1.807) is 20.5 Å². The highest BCUT2D eigenvalue weighted by Gasteiger charge is 2.41. The van der Waals surface area contributed by atoms with E-state index in [9.17, 15) is 0 Å². The molecule has 8 heteroatoms. The second-order valence-corrected chi connectivity index (χ2v) is 8.48. The first-order valence-electron chi connectivity index (χ1n) is 10.8. The highest BCUT2D eigenvalue weighted by atomic mass is 35.5. The van der Waals surface area contributed by atoms with Crippen molar-refractivity contribution in [2.24, 2.45) is 0 Å². The Morgan fingerprint density at radius 3 is 2.62 bits per heavy atom. The van der Waals surface area contributed by atoms with Gasteiger partial charge in [-0.05, 0) is 42.0 Å². The van der Waals surface area contributed by atoms with E-state index in [-0.39, 0.29) is 6.04 Å². The molecule has 6 rings (SSSR count). The van der Waals surface area contributed by atoms with E-state index in [2.05, 4.69) is 15.4 Å². The molecule has 3 aromatic carbocycles. The van der Waals surface area contributed by atoms with Gasteiger partial charge < -0.3 is 19.5 Å². The van der Waals surface area contributed by atoms with E-state index < -0.39 is 6.10 Å². The minimum atomic E-state index is -0.434. The van der Waals surface area contributed by atoms with E-state index in [0.29, 0.717) is 11.0 Å². The van der Waals surface area contributed by atoms with Gasteiger partial charge in [0.1, 0.15) is 29.6 Å². The fraction of sp³-hybridized carbons (Fsp3) is 0.154. The first kappa shape index (κ1) is 20.6. The van der Waals surface area contributed by atoms with Crippen LogP contribution in [0.2, 0.25) is 5.02 Å². The Kier molecular flexibility index (Phi) is 4.92. The number of para-hydroxylation sites is 1. The number of aromatic nitrogens is 3. The second kappa shape index (κ2) is 8.11. The van der Waals surface area contributed by atoms with Gasteiger partial charge in [0.15, 0.2) is 6.10 Å².